The summed E-state index contributed by atoms with van der Waals surface area (Å²) >= 11 is 0. The molecular weight excluding hydrogens is 322 g/mol. The molecule has 0 spiro atoms. The maximum absolute atomic E-state index is 12.9. The Morgan fingerprint density at radius 1 is 1.16 bits per heavy atom. The largest absolute Gasteiger partial charge is 0.459 e. The standard InChI is InChI=1S/C17H21N5O3/c1-20-13-4-5-18-11-12(13)15(19-20)17(24)22-8-6-21(7-9-22)16(23)14-3-2-10-25-14/h2-3,10,18H,4-9,11H2,1H3. The predicted molar refractivity (Wildman–Crippen MR) is 89.1 cm³/mol. The lowest BCUT2D eigenvalue weighted by Gasteiger charge is -2.34. The van der Waals surface area contributed by atoms with Crippen molar-refractivity contribution in [2.24, 2.45) is 7.05 Å². The van der Waals surface area contributed by atoms with Crippen LogP contribution in [0.15, 0.2) is 22.8 Å². The number of carbonyl (C=O) groups excluding carboxylic acids is 2. The highest BCUT2D eigenvalue weighted by Crippen LogP contribution is 2.20. The van der Waals surface area contributed by atoms with E-state index in [1.165, 1.54) is 6.26 Å². The number of carbonyl (C=O) groups is 2. The van der Waals surface area contributed by atoms with Crippen molar-refractivity contribution in [1.29, 1.82) is 0 Å². The first-order valence-corrected chi connectivity index (χ1v) is 8.52. The zero-order valence-electron chi connectivity index (χ0n) is 14.2. The minimum absolute atomic E-state index is 0.0503. The van der Waals surface area contributed by atoms with Crippen LogP contribution in [0.2, 0.25) is 0 Å². The molecule has 2 aliphatic heterocycles. The number of nitrogens with zero attached hydrogens (tertiary/aromatic N) is 4. The fraction of sp³-hybridized carbons (Fsp3) is 0.471. The van der Waals surface area contributed by atoms with Crippen LogP contribution < -0.4 is 5.32 Å². The Balaban J connectivity index is 1.44. The Kier molecular flexibility index (Phi) is 4.04. The number of nitrogens with one attached hydrogen (secondary N) is 1. The zero-order chi connectivity index (χ0) is 17.4. The van der Waals surface area contributed by atoms with E-state index in [0.29, 0.717) is 44.2 Å². The van der Waals surface area contributed by atoms with E-state index in [1.54, 1.807) is 21.9 Å². The van der Waals surface area contributed by atoms with Crippen LogP contribution in [0.4, 0.5) is 0 Å². The van der Waals surface area contributed by atoms with Gasteiger partial charge in [-0.2, -0.15) is 5.10 Å². The van der Waals surface area contributed by atoms with Gasteiger partial charge in [-0.05, 0) is 12.1 Å². The van der Waals surface area contributed by atoms with E-state index < -0.39 is 0 Å². The Labute approximate surface area is 145 Å². The molecule has 1 N–H and O–H groups in total. The third kappa shape index (κ3) is 2.82. The Bertz CT molecular complexity index is 788. The van der Waals surface area contributed by atoms with Crippen molar-refractivity contribution in [1.82, 2.24) is 24.9 Å². The van der Waals surface area contributed by atoms with Crippen LogP contribution in [0.25, 0.3) is 0 Å². The molecule has 8 nitrogen and oxygen atoms in total. The molecule has 2 aromatic heterocycles. The molecule has 4 rings (SSSR count). The first-order chi connectivity index (χ1) is 12.1. The van der Waals surface area contributed by atoms with E-state index >= 15 is 0 Å². The molecule has 132 valence electrons. The van der Waals surface area contributed by atoms with E-state index in [9.17, 15) is 9.59 Å². The Morgan fingerprint density at radius 3 is 2.56 bits per heavy atom. The first kappa shape index (κ1) is 15.9. The van der Waals surface area contributed by atoms with Crippen LogP contribution in [0, 0.1) is 0 Å². The number of amides is 2. The molecule has 4 heterocycles. The van der Waals surface area contributed by atoms with Gasteiger partial charge in [-0.3, -0.25) is 14.3 Å². The van der Waals surface area contributed by atoms with Gasteiger partial charge < -0.3 is 19.5 Å². The van der Waals surface area contributed by atoms with Gasteiger partial charge in [0.2, 0.25) is 0 Å². The maximum atomic E-state index is 12.9. The van der Waals surface area contributed by atoms with Crippen molar-refractivity contribution >= 4 is 11.8 Å². The van der Waals surface area contributed by atoms with Crippen LogP contribution in [0.1, 0.15) is 32.3 Å². The molecule has 2 aliphatic rings. The summed E-state index contributed by atoms with van der Waals surface area (Å²) in [6, 6.07) is 3.36. The van der Waals surface area contributed by atoms with Crippen LogP contribution in [-0.4, -0.2) is 64.1 Å². The van der Waals surface area contributed by atoms with Crippen molar-refractivity contribution in [2.75, 3.05) is 32.7 Å². The second kappa shape index (κ2) is 6.36. The van der Waals surface area contributed by atoms with Gasteiger partial charge in [0.05, 0.1) is 6.26 Å². The van der Waals surface area contributed by atoms with Crippen LogP contribution in [-0.2, 0) is 20.0 Å². The minimum atomic E-state index is -0.128. The number of aromatic nitrogens is 2. The van der Waals surface area contributed by atoms with Gasteiger partial charge in [0, 0.05) is 64.0 Å². The minimum Gasteiger partial charge on any atom is -0.459 e. The molecule has 1 saturated heterocycles. The topological polar surface area (TPSA) is 83.6 Å². The van der Waals surface area contributed by atoms with Gasteiger partial charge in [-0.15, -0.1) is 0 Å². The number of hydrogen-bond acceptors (Lipinski definition) is 5. The Morgan fingerprint density at radius 2 is 1.88 bits per heavy atom. The average Bonchev–Trinajstić information content (AvgIpc) is 3.30. The van der Waals surface area contributed by atoms with E-state index in [1.807, 2.05) is 11.7 Å². The number of rotatable bonds is 2. The van der Waals surface area contributed by atoms with Crippen LogP contribution >= 0.6 is 0 Å². The van der Waals surface area contributed by atoms with Crippen molar-refractivity contribution < 1.29 is 14.0 Å². The molecule has 0 aliphatic carbocycles. The quantitative estimate of drug-likeness (QED) is 0.845. The van der Waals surface area contributed by atoms with E-state index in [0.717, 1.165) is 24.2 Å². The molecule has 8 heteroatoms. The van der Waals surface area contributed by atoms with Crippen molar-refractivity contribution in [2.45, 2.75) is 13.0 Å². The van der Waals surface area contributed by atoms with Gasteiger partial charge in [0.1, 0.15) is 0 Å². The number of furan rings is 1. The summed E-state index contributed by atoms with van der Waals surface area (Å²) < 4.78 is 6.99. The highest BCUT2D eigenvalue weighted by atomic mass is 16.3. The first-order valence-electron chi connectivity index (χ1n) is 8.52. The number of aryl methyl sites for hydroxylation is 1. The summed E-state index contributed by atoms with van der Waals surface area (Å²) in [4.78, 5) is 28.7. The van der Waals surface area contributed by atoms with Gasteiger partial charge in [0.25, 0.3) is 11.8 Å². The molecule has 1 fully saturated rings. The van der Waals surface area contributed by atoms with Crippen molar-refractivity contribution in [3.8, 4) is 0 Å². The molecule has 0 saturated carbocycles. The second-order valence-electron chi connectivity index (χ2n) is 6.39. The van der Waals surface area contributed by atoms with Gasteiger partial charge in [-0.1, -0.05) is 0 Å². The zero-order valence-corrected chi connectivity index (χ0v) is 14.2. The molecule has 0 aromatic carbocycles. The molecule has 0 atom stereocenters. The normalized spacial score (nSPS) is 17.5. The number of fused-ring (bicyclic) bond motifs is 1. The Hall–Kier alpha value is -2.61. The van der Waals surface area contributed by atoms with Gasteiger partial charge >= 0.3 is 0 Å². The number of hydrogen-bond donors (Lipinski definition) is 1. The third-order valence-corrected chi connectivity index (χ3v) is 4.90. The third-order valence-electron chi connectivity index (χ3n) is 4.90. The molecule has 25 heavy (non-hydrogen) atoms. The maximum Gasteiger partial charge on any atom is 0.289 e. The van der Waals surface area contributed by atoms with E-state index in [2.05, 4.69) is 10.4 Å². The average molecular weight is 343 g/mol. The summed E-state index contributed by atoms with van der Waals surface area (Å²) in [6.07, 6.45) is 2.38. The monoisotopic (exact) mass is 343 g/mol. The predicted octanol–water partition coefficient (Wildman–Crippen LogP) is 0.257. The summed E-state index contributed by atoms with van der Waals surface area (Å²) in [5.41, 5.74) is 2.68. The summed E-state index contributed by atoms with van der Waals surface area (Å²) in [7, 11) is 1.89. The second-order valence-corrected chi connectivity index (χ2v) is 6.39. The molecular formula is C17H21N5O3. The summed E-state index contributed by atoms with van der Waals surface area (Å²) in [5.74, 6) is 0.159. The summed E-state index contributed by atoms with van der Waals surface area (Å²) in [5, 5.41) is 7.75. The summed E-state index contributed by atoms with van der Waals surface area (Å²) in [6.45, 7) is 3.60. The smallest absolute Gasteiger partial charge is 0.289 e. The van der Waals surface area contributed by atoms with Crippen molar-refractivity contribution in [3.05, 3.63) is 41.1 Å². The van der Waals surface area contributed by atoms with Gasteiger partial charge in [0.15, 0.2) is 11.5 Å². The van der Waals surface area contributed by atoms with E-state index in [4.69, 9.17) is 4.42 Å². The lowest BCUT2D eigenvalue weighted by Crippen LogP contribution is -2.50. The molecule has 0 bridgehead atoms. The molecule has 2 aromatic rings. The molecule has 2 amide bonds. The molecule has 0 unspecified atom stereocenters. The number of piperazine rings is 1. The van der Waals surface area contributed by atoms with Crippen LogP contribution in [0.5, 0.6) is 0 Å². The highest BCUT2D eigenvalue weighted by molar-refractivity contribution is 5.95. The molecule has 0 radical (unpaired) electrons. The van der Waals surface area contributed by atoms with Crippen LogP contribution in [0.3, 0.4) is 0 Å². The SMILES string of the molecule is Cn1nc(C(=O)N2CCN(C(=O)c3ccco3)CC2)c2c1CCNC2. The lowest BCUT2D eigenvalue weighted by atomic mass is 10.1. The fourth-order valence-corrected chi connectivity index (χ4v) is 3.51. The lowest BCUT2D eigenvalue weighted by molar-refractivity contribution is 0.0514. The fourth-order valence-electron chi connectivity index (χ4n) is 3.51. The van der Waals surface area contributed by atoms with Gasteiger partial charge in [-0.25, -0.2) is 0 Å². The highest BCUT2D eigenvalue weighted by Gasteiger charge is 2.30. The van der Waals surface area contributed by atoms with E-state index in [-0.39, 0.29) is 11.8 Å². The van der Waals surface area contributed by atoms with Crippen molar-refractivity contribution in [3.63, 3.8) is 0 Å².